The van der Waals surface area contributed by atoms with Gasteiger partial charge in [0.15, 0.2) is 0 Å². The summed E-state index contributed by atoms with van der Waals surface area (Å²) in [5, 5.41) is 8.58. The van der Waals surface area contributed by atoms with E-state index in [0.29, 0.717) is 5.89 Å². The molecule has 1 unspecified atom stereocenters. The molecule has 0 aromatic carbocycles. The highest BCUT2D eigenvalue weighted by molar-refractivity contribution is 5.40. The molecule has 0 saturated carbocycles. The second-order valence-electron chi connectivity index (χ2n) is 2.88. The lowest BCUT2D eigenvalue weighted by Crippen LogP contribution is -1.95. The SMILES string of the molecule is N#Cc1nc(C2CCCO2)oc1N. The lowest BCUT2D eigenvalue weighted by molar-refractivity contribution is 0.0899. The minimum absolute atomic E-state index is 0.0769. The maximum atomic E-state index is 8.58. The molecule has 5 heteroatoms. The summed E-state index contributed by atoms with van der Waals surface area (Å²) in [5.41, 5.74) is 5.56. The molecular weight excluding hydrogens is 170 g/mol. The second-order valence-corrected chi connectivity index (χ2v) is 2.88. The van der Waals surface area contributed by atoms with Crippen LogP contribution in [-0.2, 0) is 4.74 Å². The number of rotatable bonds is 1. The number of nitrogens with two attached hydrogens (primary N) is 1. The van der Waals surface area contributed by atoms with Gasteiger partial charge in [-0.05, 0) is 12.8 Å². The molecule has 5 nitrogen and oxygen atoms in total. The summed E-state index contributed by atoms with van der Waals surface area (Å²) < 4.78 is 10.4. The van der Waals surface area contributed by atoms with E-state index in [4.69, 9.17) is 20.1 Å². The van der Waals surface area contributed by atoms with Crippen LogP contribution < -0.4 is 5.73 Å². The van der Waals surface area contributed by atoms with E-state index in [0.717, 1.165) is 19.4 Å². The predicted molar refractivity (Wildman–Crippen MR) is 43.6 cm³/mol. The molecule has 1 fully saturated rings. The predicted octanol–water partition coefficient (Wildman–Crippen LogP) is 0.980. The van der Waals surface area contributed by atoms with Gasteiger partial charge in [0.25, 0.3) is 0 Å². The molecular formula is C8H9N3O2. The van der Waals surface area contributed by atoms with Crippen molar-refractivity contribution in [1.29, 1.82) is 5.26 Å². The highest BCUT2D eigenvalue weighted by Gasteiger charge is 2.24. The molecule has 1 saturated heterocycles. The topological polar surface area (TPSA) is 85.1 Å². The summed E-state index contributed by atoms with van der Waals surface area (Å²) >= 11 is 0. The van der Waals surface area contributed by atoms with Gasteiger partial charge in [0.2, 0.25) is 17.5 Å². The Morgan fingerprint density at radius 1 is 1.62 bits per heavy atom. The number of oxazole rings is 1. The van der Waals surface area contributed by atoms with Crippen LogP contribution in [0.25, 0.3) is 0 Å². The summed E-state index contributed by atoms with van der Waals surface area (Å²) in [5.74, 6) is 0.500. The number of nitrogen functional groups attached to an aromatic ring is 1. The van der Waals surface area contributed by atoms with Gasteiger partial charge in [0.1, 0.15) is 12.2 Å². The van der Waals surface area contributed by atoms with E-state index in [9.17, 15) is 0 Å². The highest BCUT2D eigenvalue weighted by Crippen LogP contribution is 2.29. The fourth-order valence-electron chi connectivity index (χ4n) is 1.34. The van der Waals surface area contributed by atoms with Gasteiger partial charge in [-0.1, -0.05) is 0 Å². The Morgan fingerprint density at radius 2 is 2.46 bits per heavy atom. The van der Waals surface area contributed by atoms with Crippen molar-refractivity contribution in [1.82, 2.24) is 4.98 Å². The van der Waals surface area contributed by atoms with E-state index < -0.39 is 0 Å². The zero-order valence-corrected chi connectivity index (χ0v) is 6.99. The van der Waals surface area contributed by atoms with Crippen LogP contribution in [0.4, 0.5) is 5.88 Å². The number of ether oxygens (including phenoxy) is 1. The zero-order valence-electron chi connectivity index (χ0n) is 6.99. The summed E-state index contributed by atoms with van der Waals surface area (Å²) in [7, 11) is 0. The largest absolute Gasteiger partial charge is 0.421 e. The Balaban J connectivity index is 2.26. The minimum atomic E-state index is -0.121. The van der Waals surface area contributed by atoms with Gasteiger partial charge in [0, 0.05) is 6.61 Å². The third-order valence-electron chi connectivity index (χ3n) is 1.98. The molecule has 2 rings (SSSR count). The quantitative estimate of drug-likeness (QED) is 0.694. The highest BCUT2D eigenvalue weighted by atomic mass is 16.5. The van der Waals surface area contributed by atoms with Crippen LogP contribution in [0.1, 0.15) is 30.5 Å². The maximum Gasteiger partial charge on any atom is 0.229 e. The third kappa shape index (κ3) is 1.36. The van der Waals surface area contributed by atoms with Crippen molar-refractivity contribution in [2.24, 2.45) is 0 Å². The number of hydrogen-bond acceptors (Lipinski definition) is 5. The van der Waals surface area contributed by atoms with E-state index in [-0.39, 0.29) is 17.7 Å². The number of hydrogen-bond donors (Lipinski definition) is 1. The molecule has 68 valence electrons. The second kappa shape index (κ2) is 3.07. The Bertz CT molecular complexity index is 347. The standard InChI is InChI=1S/C8H9N3O2/c9-4-5-7(10)13-8(11-5)6-2-1-3-12-6/h6H,1-3,10H2. The lowest BCUT2D eigenvalue weighted by atomic mass is 10.2. The first kappa shape index (κ1) is 8.08. The number of aromatic nitrogens is 1. The molecule has 0 radical (unpaired) electrons. The smallest absolute Gasteiger partial charge is 0.229 e. The van der Waals surface area contributed by atoms with Gasteiger partial charge in [-0.3, -0.25) is 0 Å². The molecule has 1 aromatic heterocycles. The molecule has 1 aliphatic heterocycles. The van der Waals surface area contributed by atoms with Crippen molar-refractivity contribution in [3.8, 4) is 6.07 Å². The van der Waals surface area contributed by atoms with Crippen molar-refractivity contribution >= 4 is 5.88 Å². The number of anilines is 1. The molecule has 2 heterocycles. The van der Waals surface area contributed by atoms with Gasteiger partial charge in [-0.25, -0.2) is 0 Å². The monoisotopic (exact) mass is 179 g/mol. The molecule has 1 atom stereocenters. The molecule has 0 amide bonds. The molecule has 0 spiro atoms. The molecule has 1 aromatic rings. The Hall–Kier alpha value is -1.54. The van der Waals surface area contributed by atoms with Crippen LogP contribution >= 0.6 is 0 Å². The number of nitrogens with zero attached hydrogens (tertiary/aromatic N) is 2. The average Bonchev–Trinajstić information content (AvgIpc) is 2.71. The molecule has 13 heavy (non-hydrogen) atoms. The maximum absolute atomic E-state index is 8.58. The van der Waals surface area contributed by atoms with Gasteiger partial charge < -0.3 is 14.9 Å². The number of nitriles is 1. The van der Waals surface area contributed by atoms with E-state index in [1.807, 2.05) is 6.07 Å². The van der Waals surface area contributed by atoms with Crippen LogP contribution in [0.5, 0.6) is 0 Å². The van der Waals surface area contributed by atoms with Gasteiger partial charge >= 0.3 is 0 Å². The van der Waals surface area contributed by atoms with E-state index >= 15 is 0 Å². The first-order chi connectivity index (χ1) is 6.31. The Kier molecular flexibility index (Phi) is 1.91. The summed E-state index contributed by atoms with van der Waals surface area (Å²) in [6.07, 6.45) is 1.75. The summed E-state index contributed by atoms with van der Waals surface area (Å²) in [6.45, 7) is 0.717. The zero-order chi connectivity index (χ0) is 9.26. The summed E-state index contributed by atoms with van der Waals surface area (Å²) in [4.78, 5) is 3.93. The fraction of sp³-hybridized carbons (Fsp3) is 0.500. The molecule has 0 bridgehead atoms. The van der Waals surface area contributed by atoms with Gasteiger partial charge in [-0.15, -0.1) is 0 Å². The summed E-state index contributed by atoms with van der Waals surface area (Å²) in [6, 6.07) is 1.85. The van der Waals surface area contributed by atoms with Crippen molar-refractivity contribution in [3.05, 3.63) is 11.6 Å². The minimum Gasteiger partial charge on any atom is -0.421 e. The van der Waals surface area contributed by atoms with Gasteiger partial charge in [0.05, 0.1) is 0 Å². The first-order valence-electron chi connectivity index (χ1n) is 4.09. The molecule has 2 N–H and O–H groups in total. The van der Waals surface area contributed by atoms with Crippen molar-refractivity contribution in [3.63, 3.8) is 0 Å². The lowest BCUT2D eigenvalue weighted by Gasteiger charge is -2.01. The Morgan fingerprint density at radius 3 is 3.00 bits per heavy atom. The van der Waals surface area contributed by atoms with Crippen molar-refractivity contribution in [2.75, 3.05) is 12.3 Å². The van der Waals surface area contributed by atoms with Crippen LogP contribution in [0.2, 0.25) is 0 Å². The molecule has 1 aliphatic rings. The fourth-order valence-corrected chi connectivity index (χ4v) is 1.34. The first-order valence-corrected chi connectivity index (χ1v) is 4.09. The van der Waals surface area contributed by atoms with E-state index in [1.54, 1.807) is 0 Å². The third-order valence-corrected chi connectivity index (χ3v) is 1.98. The Labute approximate surface area is 75.1 Å². The normalized spacial score (nSPS) is 21.6. The van der Waals surface area contributed by atoms with Crippen molar-refractivity contribution < 1.29 is 9.15 Å². The van der Waals surface area contributed by atoms with Crippen LogP contribution in [0.15, 0.2) is 4.42 Å². The van der Waals surface area contributed by atoms with E-state index in [1.165, 1.54) is 0 Å². The van der Waals surface area contributed by atoms with Crippen molar-refractivity contribution in [2.45, 2.75) is 18.9 Å². The average molecular weight is 179 g/mol. The van der Waals surface area contributed by atoms with Gasteiger partial charge in [-0.2, -0.15) is 10.2 Å². The van der Waals surface area contributed by atoms with Crippen LogP contribution in [0.3, 0.4) is 0 Å². The van der Waals surface area contributed by atoms with Crippen LogP contribution in [0, 0.1) is 11.3 Å². The van der Waals surface area contributed by atoms with Crippen LogP contribution in [-0.4, -0.2) is 11.6 Å². The molecule has 0 aliphatic carbocycles. The van der Waals surface area contributed by atoms with E-state index in [2.05, 4.69) is 4.98 Å².